The molecule has 4 atom stereocenters. The van der Waals surface area contributed by atoms with Gasteiger partial charge in [0, 0.05) is 39.4 Å². The Morgan fingerprint density at radius 2 is 0.917 bits per heavy atom. The number of benzene rings is 2. The number of aliphatic hydroxyl groups excluding tert-OH is 4. The predicted octanol–water partition coefficient (Wildman–Crippen LogP) is 1.10. The van der Waals surface area contributed by atoms with Crippen LogP contribution in [-0.4, -0.2) is 133 Å². The van der Waals surface area contributed by atoms with Crippen molar-refractivity contribution in [1.82, 2.24) is 10.6 Å². The number of aliphatic carboxylic acids is 2. The summed E-state index contributed by atoms with van der Waals surface area (Å²) in [4.78, 5) is 19.5. The number of hydrogen-bond donors (Lipinski definition) is 8. The number of carbonyl (C=O) groups is 2. The van der Waals surface area contributed by atoms with Crippen LogP contribution in [0.1, 0.15) is 38.8 Å². The Hall–Kier alpha value is -3.34. The number of aliphatic hydroxyl groups is 4. The third-order valence-corrected chi connectivity index (χ3v) is 6.25. The molecule has 2 rings (SSSR count). The zero-order chi connectivity index (χ0) is 36.5. The minimum Gasteiger partial charge on any atom is -0.491 e. The van der Waals surface area contributed by atoms with Crippen molar-refractivity contribution in [1.29, 1.82) is 0 Å². The van der Waals surface area contributed by atoms with Crippen LogP contribution in [0.5, 0.6) is 11.5 Å². The van der Waals surface area contributed by atoms with E-state index in [9.17, 15) is 19.8 Å². The maximum Gasteiger partial charge on any atom is 0.335 e. The Morgan fingerprint density at radius 1 is 0.604 bits per heavy atom. The molecule has 0 radical (unpaired) electrons. The average molecular weight is 685 g/mol. The van der Waals surface area contributed by atoms with E-state index in [2.05, 4.69) is 10.6 Å². The van der Waals surface area contributed by atoms with Crippen molar-refractivity contribution in [2.24, 2.45) is 0 Å². The lowest BCUT2D eigenvalue weighted by atomic mass is 10.1. The molecule has 0 spiro atoms. The number of carboxylic acids is 2. The van der Waals surface area contributed by atoms with Gasteiger partial charge in [-0.15, -0.1) is 0 Å². The summed E-state index contributed by atoms with van der Waals surface area (Å²) < 4.78 is 21.1. The molecule has 0 aliphatic rings. The molecule has 0 bridgehead atoms. The first-order chi connectivity index (χ1) is 22.7. The van der Waals surface area contributed by atoms with Crippen LogP contribution in [0.2, 0.25) is 0 Å². The maximum atomic E-state index is 9.77. The zero-order valence-corrected chi connectivity index (χ0v) is 28.9. The fraction of sp³-hybridized carbons (Fsp3) is 0.588. The molecule has 0 aliphatic carbocycles. The Balaban J connectivity index is 0.000000727. The van der Waals surface area contributed by atoms with Gasteiger partial charge in [0.2, 0.25) is 0 Å². The second-order valence-corrected chi connectivity index (χ2v) is 11.4. The summed E-state index contributed by atoms with van der Waals surface area (Å²) >= 11 is 0. The Labute approximate surface area is 283 Å². The quantitative estimate of drug-likeness (QED) is 0.0925. The lowest BCUT2D eigenvalue weighted by molar-refractivity contribution is -0.165. The highest BCUT2D eigenvalue weighted by Gasteiger charge is 2.29. The van der Waals surface area contributed by atoms with E-state index >= 15 is 0 Å². The molecule has 3 unspecified atom stereocenters. The van der Waals surface area contributed by atoms with Crippen molar-refractivity contribution in [2.75, 3.05) is 53.7 Å². The molecule has 0 amide bonds. The minimum absolute atomic E-state index is 0.303. The highest BCUT2D eigenvalue weighted by Crippen LogP contribution is 2.14. The summed E-state index contributed by atoms with van der Waals surface area (Å²) in [5.41, 5.74) is 2.44. The highest BCUT2D eigenvalue weighted by atomic mass is 16.5. The van der Waals surface area contributed by atoms with Gasteiger partial charge in [0.25, 0.3) is 0 Å². The largest absolute Gasteiger partial charge is 0.491 e. The highest BCUT2D eigenvalue weighted by molar-refractivity contribution is 5.83. The number of methoxy groups -OCH3 is 2. The van der Waals surface area contributed by atoms with E-state index in [0.717, 1.165) is 37.6 Å². The van der Waals surface area contributed by atoms with Gasteiger partial charge in [0.1, 0.15) is 36.9 Å². The second kappa shape index (κ2) is 26.6. The fourth-order valence-corrected chi connectivity index (χ4v) is 3.46. The molecule has 0 saturated heterocycles. The van der Waals surface area contributed by atoms with Crippen LogP contribution in [0, 0.1) is 0 Å². The Bertz CT molecular complexity index is 1010. The normalized spacial score (nSPS) is 13.3. The smallest absolute Gasteiger partial charge is 0.335 e. The molecular weight excluding hydrogens is 628 g/mol. The van der Waals surface area contributed by atoms with Crippen molar-refractivity contribution in [3.8, 4) is 11.5 Å². The van der Waals surface area contributed by atoms with Crippen LogP contribution < -0.4 is 20.1 Å². The van der Waals surface area contributed by atoms with Gasteiger partial charge in [0.05, 0.1) is 13.2 Å². The number of rotatable bonds is 21. The van der Waals surface area contributed by atoms with Crippen LogP contribution >= 0.6 is 0 Å². The zero-order valence-electron chi connectivity index (χ0n) is 28.9. The fourth-order valence-electron chi connectivity index (χ4n) is 3.46. The van der Waals surface area contributed by atoms with E-state index < -0.39 is 36.4 Å². The van der Waals surface area contributed by atoms with Crippen molar-refractivity contribution in [3.05, 3.63) is 59.7 Å². The molecular formula is C34H56N2O12. The van der Waals surface area contributed by atoms with Gasteiger partial charge in [-0.05, 0) is 48.2 Å². The summed E-state index contributed by atoms with van der Waals surface area (Å²) in [6, 6.07) is 16.5. The van der Waals surface area contributed by atoms with E-state index in [-0.39, 0.29) is 0 Å². The summed E-state index contributed by atoms with van der Waals surface area (Å²) in [5, 5.41) is 58.3. The average Bonchev–Trinajstić information content (AvgIpc) is 3.06. The van der Waals surface area contributed by atoms with Gasteiger partial charge in [0.15, 0.2) is 12.2 Å². The van der Waals surface area contributed by atoms with Crippen LogP contribution in [-0.2, 0) is 31.9 Å². The molecule has 0 aromatic heterocycles. The van der Waals surface area contributed by atoms with Crippen molar-refractivity contribution < 1.29 is 59.2 Å². The molecule has 274 valence electrons. The van der Waals surface area contributed by atoms with E-state index in [1.165, 1.54) is 11.1 Å². The number of ether oxygens (including phenoxy) is 4. The number of hydrogen-bond acceptors (Lipinski definition) is 12. The first-order valence-corrected chi connectivity index (χ1v) is 15.8. The third kappa shape index (κ3) is 23.1. The molecule has 0 aliphatic heterocycles. The van der Waals surface area contributed by atoms with Crippen molar-refractivity contribution in [2.45, 2.75) is 77.0 Å². The molecule has 0 fully saturated rings. The Morgan fingerprint density at radius 3 is 1.17 bits per heavy atom. The van der Waals surface area contributed by atoms with E-state index in [4.69, 9.17) is 39.4 Å². The monoisotopic (exact) mass is 684 g/mol. The molecule has 14 nitrogen and oxygen atoms in total. The second-order valence-electron chi connectivity index (χ2n) is 11.4. The summed E-state index contributed by atoms with van der Waals surface area (Å²) in [5.74, 6) is -1.97. The Kier molecular flexibility index (Phi) is 24.7. The topological polar surface area (TPSA) is 216 Å². The van der Waals surface area contributed by atoms with Crippen molar-refractivity contribution >= 4 is 11.9 Å². The van der Waals surface area contributed by atoms with Gasteiger partial charge in [-0.3, -0.25) is 0 Å². The molecule has 2 aromatic carbocycles. The molecule has 0 saturated carbocycles. The first kappa shape index (κ1) is 44.7. The third-order valence-electron chi connectivity index (χ3n) is 6.25. The summed E-state index contributed by atoms with van der Waals surface area (Å²) in [6.07, 6.45) is -3.71. The molecule has 8 N–H and O–H groups in total. The lowest BCUT2D eigenvalue weighted by Gasteiger charge is -2.15. The van der Waals surface area contributed by atoms with Gasteiger partial charge in [-0.1, -0.05) is 52.0 Å². The van der Waals surface area contributed by atoms with Crippen LogP contribution in [0.4, 0.5) is 0 Å². The van der Waals surface area contributed by atoms with E-state index in [1.54, 1.807) is 14.2 Å². The number of carboxylic acid groups (broad SMARTS) is 2. The maximum absolute atomic E-state index is 9.77. The van der Waals surface area contributed by atoms with Gasteiger partial charge in [-0.25, -0.2) is 9.59 Å². The molecule has 0 heterocycles. The summed E-state index contributed by atoms with van der Waals surface area (Å²) in [6.45, 7) is 11.3. The van der Waals surface area contributed by atoms with Crippen LogP contribution in [0.3, 0.4) is 0 Å². The van der Waals surface area contributed by atoms with Gasteiger partial charge in [-0.2, -0.15) is 0 Å². The van der Waals surface area contributed by atoms with E-state index in [1.807, 2.05) is 76.2 Å². The van der Waals surface area contributed by atoms with Crippen LogP contribution in [0.15, 0.2) is 48.5 Å². The first-order valence-electron chi connectivity index (χ1n) is 15.8. The summed E-state index contributed by atoms with van der Waals surface area (Å²) in [7, 11) is 3.40. The molecule has 48 heavy (non-hydrogen) atoms. The molecule has 2 aromatic rings. The predicted molar refractivity (Wildman–Crippen MR) is 181 cm³/mol. The lowest BCUT2D eigenvalue weighted by Crippen LogP contribution is -2.39. The van der Waals surface area contributed by atoms with Crippen LogP contribution in [0.25, 0.3) is 0 Å². The van der Waals surface area contributed by atoms with Crippen molar-refractivity contribution in [3.63, 3.8) is 0 Å². The molecule has 14 heteroatoms. The van der Waals surface area contributed by atoms with Gasteiger partial charge >= 0.3 is 11.9 Å². The standard InChI is InChI=1S/2C15H25NO3.C4H6O6/c2*1-12(2)16-10-14(17)11-19-15-6-4-13(5-7-15)8-9-18-3;5-1(3(7)8)2(6)4(9)10/h2*4-7,12,14,16-17H,8-11H2,1-3H3;1-2,5-6H,(H,7,8)(H,9,10)/t;;1-,2?/m..0/s1. The minimum atomic E-state index is -2.27. The SMILES string of the molecule is COCCc1ccc(OCC(O)CNC(C)C)cc1.COCCc1ccc(OCC(O)CNC(C)C)cc1.O=C(O)C(O)[C@H](O)C(=O)O. The van der Waals surface area contributed by atoms with E-state index in [0.29, 0.717) is 38.4 Å². The number of nitrogens with one attached hydrogen (secondary N) is 2. The van der Waals surface area contributed by atoms with Gasteiger partial charge < -0.3 is 60.2 Å².